The van der Waals surface area contributed by atoms with E-state index in [0.717, 1.165) is 25.7 Å². The number of imidazole rings is 1. The number of nitrogens with one attached hydrogen (secondary N) is 1. The van der Waals surface area contributed by atoms with Gasteiger partial charge >= 0.3 is 6.09 Å². The van der Waals surface area contributed by atoms with E-state index < -0.39 is 36.5 Å². The second-order valence-electron chi connectivity index (χ2n) is 10.7. The second-order valence-corrected chi connectivity index (χ2v) is 11.1. The van der Waals surface area contributed by atoms with Crippen molar-refractivity contribution in [2.75, 3.05) is 18.8 Å². The number of carbonyl (C=O) groups excluding carboxylic acids is 2. The summed E-state index contributed by atoms with van der Waals surface area (Å²) in [5.41, 5.74) is 6.67. The second kappa shape index (κ2) is 11.7. The number of para-hydroxylation sites is 1. The molecule has 42 heavy (non-hydrogen) atoms. The van der Waals surface area contributed by atoms with Crippen LogP contribution in [0.2, 0.25) is 5.02 Å². The number of nitrogens with two attached hydrogens (primary N) is 1. The molecule has 3 fully saturated rings. The lowest BCUT2D eigenvalue weighted by atomic mass is 9.94. The summed E-state index contributed by atoms with van der Waals surface area (Å²) in [6.45, 7) is 1.08. The Labute approximate surface area is 246 Å². The van der Waals surface area contributed by atoms with E-state index in [-0.39, 0.29) is 34.8 Å². The minimum atomic E-state index is -1.42. The van der Waals surface area contributed by atoms with E-state index in [1.165, 1.54) is 10.9 Å². The van der Waals surface area contributed by atoms with Crippen molar-refractivity contribution in [3.05, 3.63) is 41.4 Å². The third-order valence-electron chi connectivity index (χ3n) is 7.64. The topological polar surface area (TPSA) is 178 Å². The summed E-state index contributed by atoms with van der Waals surface area (Å²) in [4.78, 5) is 39.6. The van der Waals surface area contributed by atoms with E-state index in [0.29, 0.717) is 30.3 Å². The maximum atomic E-state index is 12.5. The minimum absolute atomic E-state index is 0.0792. The molecule has 1 saturated carbocycles. The lowest BCUT2D eigenvalue weighted by Gasteiger charge is -2.30. The van der Waals surface area contributed by atoms with Gasteiger partial charge in [-0.2, -0.15) is 0 Å². The third kappa shape index (κ3) is 5.84. The molecule has 6 rings (SSSR count). The highest BCUT2D eigenvalue weighted by atomic mass is 35.5. The number of likely N-dealkylation sites (tertiary alicyclic amines) is 1. The Morgan fingerprint density at radius 2 is 1.90 bits per heavy atom. The van der Waals surface area contributed by atoms with Crippen LogP contribution >= 0.6 is 11.6 Å². The molecule has 0 spiro atoms. The number of aromatic nitrogens is 4. The lowest BCUT2D eigenvalue weighted by Crippen LogP contribution is -2.43. The van der Waals surface area contributed by atoms with Crippen LogP contribution in [0, 0.1) is 17.8 Å². The Balaban J connectivity index is 1.08. The first kappa shape index (κ1) is 28.2. The molecule has 1 aromatic carbocycles. The molecule has 2 amide bonds. The number of aliphatic hydroxyl groups excluding tert-OH is 2. The van der Waals surface area contributed by atoms with Gasteiger partial charge in [0.25, 0.3) is 5.91 Å². The fourth-order valence-corrected chi connectivity index (χ4v) is 5.25. The van der Waals surface area contributed by atoms with Gasteiger partial charge in [-0.05, 0) is 49.7 Å². The highest BCUT2D eigenvalue weighted by Gasteiger charge is 2.48. The Morgan fingerprint density at radius 1 is 1.14 bits per heavy atom. The fourth-order valence-electron chi connectivity index (χ4n) is 5.08. The van der Waals surface area contributed by atoms with Gasteiger partial charge in [0, 0.05) is 25.6 Å². The van der Waals surface area contributed by atoms with Crippen molar-refractivity contribution >= 4 is 40.6 Å². The normalized spacial score (nSPS) is 24.3. The van der Waals surface area contributed by atoms with Crippen molar-refractivity contribution in [3.8, 4) is 17.6 Å². The molecule has 3 aliphatic rings. The molecule has 2 saturated heterocycles. The largest absolute Gasteiger partial charge is 0.415 e. The Hall–Kier alpha value is -3.96. The summed E-state index contributed by atoms with van der Waals surface area (Å²) in [6.07, 6.45) is -0.357. The molecule has 0 bridgehead atoms. The van der Waals surface area contributed by atoms with Crippen LogP contribution in [0.1, 0.15) is 44.2 Å². The molecule has 1 aliphatic carbocycles. The average molecular weight is 596 g/mol. The predicted molar refractivity (Wildman–Crippen MR) is 150 cm³/mol. The van der Waals surface area contributed by atoms with Crippen LogP contribution in [-0.4, -0.2) is 84.1 Å². The molecule has 4 atom stereocenters. The van der Waals surface area contributed by atoms with Crippen LogP contribution in [-0.2, 0) is 9.53 Å². The molecular weight excluding hydrogens is 566 g/mol. The van der Waals surface area contributed by atoms with Gasteiger partial charge in [-0.1, -0.05) is 29.7 Å². The Bertz CT molecular complexity index is 1560. The maximum absolute atomic E-state index is 12.5. The number of benzene rings is 1. The average Bonchev–Trinajstić information content (AvgIpc) is 3.61. The van der Waals surface area contributed by atoms with Gasteiger partial charge in [0.2, 0.25) is 5.82 Å². The zero-order valence-corrected chi connectivity index (χ0v) is 23.3. The summed E-state index contributed by atoms with van der Waals surface area (Å²) < 4.78 is 12.6. The molecule has 1 unspecified atom stereocenters. The zero-order valence-electron chi connectivity index (χ0n) is 22.5. The van der Waals surface area contributed by atoms with E-state index in [1.807, 2.05) is 0 Å². The van der Waals surface area contributed by atoms with Crippen LogP contribution in [0.3, 0.4) is 0 Å². The van der Waals surface area contributed by atoms with Crippen molar-refractivity contribution in [1.29, 1.82) is 0 Å². The number of rotatable bonds is 5. The van der Waals surface area contributed by atoms with Crippen molar-refractivity contribution in [1.82, 2.24) is 29.7 Å². The lowest BCUT2D eigenvalue weighted by molar-refractivity contribution is -0.137. The third-order valence-corrected chi connectivity index (χ3v) is 7.95. The molecule has 5 N–H and O–H groups in total. The number of halogens is 1. The zero-order chi connectivity index (χ0) is 29.4. The quantitative estimate of drug-likeness (QED) is 0.317. The highest BCUT2D eigenvalue weighted by Crippen LogP contribution is 2.33. The van der Waals surface area contributed by atoms with E-state index in [1.54, 1.807) is 29.2 Å². The van der Waals surface area contributed by atoms with Gasteiger partial charge in [0.1, 0.15) is 17.7 Å². The van der Waals surface area contributed by atoms with E-state index in [4.69, 9.17) is 26.8 Å². The summed E-state index contributed by atoms with van der Waals surface area (Å²) in [6, 6.07) is 6.92. The molecule has 2 aliphatic heterocycles. The van der Waals surface area contributed by atoms with Crippen molar-refractivity contribution in [2.45, 2.75) is 62.7 Å². The molecule has 14 heteroatoms. The van der Waals surface area contributed by atoms with Gasteiger partial charge in [0.15, 0.2) is 29.5 Å². The maximum Gasteiger partial charge on any atom is 0.415 e. The van der Waals surface area contributed by atoms with Crippen LogP contribution in [0.4, 0.5) is 10.6 Å². The number of anilines is 1. The smallest absolute Gasteiger partial charge is 0.409 e. The number of fused-ring (bicyclic) bond motifs is 1. The number of aliphatic hydroxyl groups is 2. The first-order chi connectivity index (χ1) is 20.3. The monoisotopic (exact) mass is 595 g/mol. The first-order valence-corrected chi connectivity index (χ1v) is 14.2. The molecule has 13 nitrogen and oxygen atoms in total. The summed E-state index contributed by atoms with van der Waals surface area (Å²) in [7, 11) is 0. The number of hydrogen-bond acceptors (Lipinski definition) is 10. The first-order valence-electron chi connectivity index (χ1n) is 13.8. The number of nitrogen functional groups attached to an aromatic ring is 1. The van der Waals surface area contributed by atoms with Crippen LogP contribution < -0.4 is 15.8 Å². The highest BCUT2D eigenvalue weighted by molar-refractivity contribution is 6.32. The van der Waals surface area contributed by atoms with E-state index in [2.05, 4.69) is 32.1 Å². The van der Waals surface area contributed by atoms with Gasteiger partial charge in [0.05, 0.1) is 11.3 Å². The SMILES string of the molecule is Nc1nc(C#CCC2CCN(C(=O)Oc3ccccc3Cl)CC2)nc2c1ncn2[C@@H]1O[C@H](C(=O)NC2CC2)[C@H](O)C1O. The summed E-state index contributed by atoms with van der Waals surface area (Å²) in [5.74, 6) is 6.46. The fraction of sp³-hybridized carbons (Fsp3) is 0.464. The van der Waals surface area contributed by atoms with Crippen molar-refractivity contribution in [3.63, 3.8) is 0 Å². The van der Waals surface area contributed by atoms with Gasteiger partial charge in [-0.25, -0.2) is 19.7 Å². The number of ether oxygens (including phenoxy) is 2. The number of carbonyl (C=O) groups is 2. The van der Waals surface area contributed by atoms with Gasteiger partial charge < -0.3 is 35.6 Å². The molecule has 2 aromatic heterocycles. The molecule has 3 aromatic rings. The number of nitrogens with zero attached hydrogens (tertiary/aromatic N) is 5. The van der Waals surface area contributed by atoms with Crippen molar-refractivity contribution in [2.24, 2.45) is 5.92 Å². The summed E-state index contributed by atoms with van der Waals surface area (Å²) in [5, 5.41) is 24.3. The van der Waals surface area contributed by atoms with Gasteiger partial charge in [-0.15, -0.1) is 0 Å². The summed E-state index contributed by atoms with van der Waals surface area (Å²) >= 11 is 6.09. The molecule has 0 radical (unpaired) electrons. The van der Waals surface area contributed by atoms with Crippen LogP contribution in [0.5, 0.6) is 5.75 Å². The Morgan fingerprint density at radius 3 is 2.64 bits per heavy atom. The molecule has 4 heterocycles. The van der Waals surface area contributed by atoms with Crippen LogP contribution in [0.25, 0.3) is 11.2 Å². The van der Waals surface area contributed by atoms with Gasteiger partial charge in [-0.3, -0.25) is 9.36 Å². The number of hydrogen-bond donors (Lipinski definition) is 4. The van der Waals surface area contributed by atoms with Crippen molar-refractivity contribution < 1.29 is 29.3 Å². The Kier molecular flexibility index (Phi) is 7.87. The van der Waals surface area contributed by atoms with E-state index in [9.17, 15) is 19.8 Å². The van der Waals surface area contributed by atoms with Crippen LogP contribution in [0.15, 0.2) is 30.6 Å². The molecule has 220 valence electrons. The van der Waals surface area contributed by atoms with E-state index >= 15 is 0 Å². The standard InChI is InChI=1S/C28H30ClN7O6/c29-17-5-1-2-6-18(17)41-28(40)35-12-10-15(11-13-35)4-3-7-19-33-24(30)20-25(34-19)36(14-31-20)27-22(38)21(37)23(42-27)26(39)32-16-8-9-16/h1-2,5-6,14-16,21-23,27,37-38H,4,8-13H2,(H,32,39)(H2,30,33,34)/t21-,22?,23+,27-/m1/s1. The predicted octanol–water partition coefficient (Wildman–Crippen LogP) is 1.61. The minimum Gasteiger partial charge on any atom is -0.409 e. The molecular formula is C28H30ClN7O6. The number of amides is 2. The number of piperidine rings is 1.